The fourth-order valence-electron chi connectivity index (χ4n) is 10.9. The number of aromatic nitrogens is 3. The maximum atomic E-state index is 5.30. The molecule has 4 aromatic heterocycles. The number of pyridine rings is 3. The standard InChI is InChI=1S/C75H46N3S.Ir/c1-2-16-53(17-3-1)72-47-58(57-40-41-69-68-24-10-11-27-74(68)79-75(69)49-57)48-73(78-72)56-38-32-52(33-39-56)64-20-6-9-23-67(64)61-45-59(65-21-7-4-18-62(65)50-28-34-54(35-29-50)70-25-12-14-42-76-70)44-60(46-61)66-22-8-5-19-63(66)51-30-36-55(37-31-51)71-26-13-15-43-77-71;/h1-34,36,38,40-49H;/q-3;+3. The van der Waals surface area contributed by atoms with Crippen molar-refractivity contribution in [3.8, 4) is 123 Å². The topological polar surface area (TPSA) is 38.7 Å². The first-order valence-corrected chi connectivity index (χ1v) is 27.3. The van der Waals surface area contributed by atoms with Crippen LogP contribution in [0.25, 0.3) is 143 Å². The van der Waals surface area contributed by atoms with Crippen molar-refractivity contribution >= 4 is 31.5 Å². The van der Waals surface area contributed by atoms with Crippen LogP contribution in [0.4, 0.5) is 0 Å². The number of thiophene rings is 1. The molecule has 5 heteroatoms. The Bertz CT molecular complexity index is 4360. The van der Waals surface area contributed by atoms with E-state index in [1.807, 2.05) is 60.1 Å². The molecule has 0 unspecified atom stereocenters. The number of nitrogens with zero attached hydrogens (tertiary/aromatic N) is 3. The van der Waals surface area contributed by atoms with Gasteiger partial charge in [-0.1, -0.05) is 197 Å². The average Bonchev–Trinajstić information content (AvgIpc) is 3.98. The third kappa shape index (κ3) is 9.91. The first-order valence-electron chi connectivity index (χ1n) is 26.5. The quantitative estimate of drug-likeness (QED) is 0.121. The molecular formula is C75H46IrN3S. The summed E-state index contributed by atoms with van der Waals surface area (Å²) in [6.07, 6.45) is 3.65. The first-order chi connectivity index (χ1) is 39.1. The number of fused-ring (bicyclic) bond motifs is 3. The number of hydrogen-bond donors (Lipinski definition) is 0. The molecule has 0 atom stereocenters. The summed E-state index contributed by atoms with van der Waals surface area (Å²) in [6, 6.07) is 106. The minimum absolute atomic E-state index is 0. The monoisotopic (exact) mass is 1210 g/mol. The molecule has 0 aliphatic heterocycles. The maximum Gasteiger partial charge on any atom is 3.00 e. The van der Waals surface area contributed by atoms with Crippen LogP contribution in [0.2, 0.25) is 0 Å². The van der Waals surface area contributed by atoms with Crippen molar-refractivity contribution in [2.24, 2.45) is 0 Å². The molecule has 0 fully saturated rings. The molecule has 80 heavy (non-hydrogen) atoms. The van der Waals surface area contributed by atoms with Crippen molar-refractivity contribution in [3.05, 3.63) is 298 Å². The molecule has 3 nitrogen and oxygen atoms in total. The second-order valence-corrected chi connectivity index (χ2v) is 20.7. The van der Waals surface area contributed by atoms with E-state index in [-0.39, 0.29) is 20.1 Å². The summed E-state index contributed by atoms with van der Waals surface area (Å²) >= 11 is 1.84. The van der Waals surface area contributed by atoms with Crippen LogP contribution in [0.1, 0.15) is 0 Å². The zero-order valence-corrected chi connectivity index (χ0v) is 46.4. The van der Waals surface area contributed by atoms with Gasteiger partial charge in [-0.15, -0.1) is 101 Å². The van der Waals surface area contributed by atoms with E-state index in [1.54, 1.807) is 0 Å². The van der Waals surface area contributed by atoms with Crippen molar-refractivity contribution in [3.63, 3.8) is 0 Å². The van der Waals surface area contributed by atoms with Gasteiger partial charge >= 0.3 is 20.1 Å². The van der Waals surface area contributed by atoms with Crippen molar-refractivity contribution in [2.45, 2.75) is 0 Å². The summed E-state index contributed by atoms with van der Waals surface area (Å²) in [4.78, 5) is 14.5. The SMILES string of the molecule is [Ir+3].[c-]1cc(-c2ccccc2-c2cc(-c3ccccc3-c3c[c-]c(-c4ccccn4)cc3)cc(-c3ccccc3-c3c[c-]c(-c4cc(-c5ccc6c(c5)sc5ccccc56)cc(-c5ccccc5)n4)cc3)c2)ccc1-c1ccccn1. The Balaban J connectivity index is 0.00000605. The largest absolute Gasteiger partial charge is 3.00 e. The van der Waals surface area contributed by atoms with Crippen LogP contribution >= 0.6 is 11.3 Å². The van der Waals surface area contributed by atoms with Crippen LogP contribution in [0.3, 0.4) is 0 Å². The Kier molecular flexibility index (Phi) is 13.8. The van der Waals surface area contributed by atoms with E-state index < -0.39 is 0 Å². The number of rotatable bonds is 11. The van der Waals surface area contributed by atoms with Crippen LogP contribution in [0, 0.1) is 18.2 Å². The predicted molar refractivity (Wildman–Crippen MR) is 329 cm³/mol. The second-order valence-electron chi connectivity index (χ2n) is 19.6. The van der Waals surface area contributed by atoms with Gasteiger partial charge in [0.2, 0.25) is 0 Å². The normalized spacial score (nSPS) is 11.2. The first kappa shape index (κ1) is 50.1. The summed E-state index contributed by atoms with van der Waals surface area (Å²) in [5.41, 5.74) is 23.0. The molecule has 0 N–H and O–H groups in total. The molecule has 0 aliphatic rings. The van der Waals surface area contributed by atoms with Gasteiger partial charge in [-0.3, -0.25) is 4.98 Å². The Morgan fingerprint density at radius 1 is 0.263 bits per heavy atom. The van der Waals surface area contributed by atoms with Crippen LogP contribution in [-0.2, 0) is 20.1 Å². The molecule has 0 bridgehead atoms. The van der Waals surface area contributed by atoms with E-state index in [1.165, 1.54) is 20.2 Å². The van der Waals surface area contributed by atoms with Crippen molar-refractivity contribution in [2.75, 3.05) is 0 Å². The van der Waals surface area contributed by atoms with Crippen molar-refractivity contribution in [1.29, 1.82) is 0 Å². The fourth-order valence-corrected chi connectivity index (χ4v) is 12.0. The number of hydrogen-bond acceptors (Lipinski definition) is 4. The molecule has 0 saturated carbocycles. The van der Waals surface area contributed by atoms with Crippen molar-refractivity contribution in [1.82, 2.24) is 15.0 Å². The number of benzene rings is 10. The van der Waals surface area contributed by atoms with E-state index >= 15 is 0 Å². The Hall–Kier alpha value is -9.48. The molecule has 0 radical (unpaired) electrons. The smallest absolute Gasteiger partial charge is 0.305 e. The van der Waals surface area contributed by atoms with Crippen molar-refractivity contribution < 1.29 is 20.1 Å². The molecule has 0 aliphatic carbocycles. The van der Waals surface area contributed by atoms with E-state index in [0.29, 0.717) is 0 Å². The summed E-state index contributed by atoms with van der Waals surface area (Å²) < 4.78 is 2.57. The zero-order chi connectivity index (χ0) is 52.5. The molecule has 376 valence electrons. The van der Waals surface area contributed by atoms with Gasteiger partial charge in [-0.2, -0.15) is 0 Å². The van der Waals surface area contributed by atoms with Crippen LogP contribution in [0.5, 0.6) is 0 Å². The summed E-state index contributed by atoms with van der Waals surface area (Å²) in [5.74, 6) is 0. The molecular weight excluding hydrogens is 1170 g/mol. The summed E-state index contributed by atoms with van der Waals surface area (Å²) in [5, 5.41) is 2.58. The van der Waals surface area contributed by atoms with Gasteiger partial charge in [0.05, 0.1) is 5.69 Å². The van der Waals surface area contributed by atoms with Crippen LogP contribution in [-0.4, -0.2) is 15.0 Å². The Morgan fingerprint density at radius 2 is 0.675 bits per heavy atom. The molecule has 14 aromatic rings. The third-order valence-corrected chi connectivity index (χ3v) is 15.9. The third-order valence-electron chi connectivity index (χ3n) is 14.8. The molecule has 14 rings (SSSR count). The zero-order valence-electron chi connectivity index (χ0n) is 43.1. The van der Waals surface area contributed by atoms with E-state index in [0.717, 1.165) is 123 Å². The van der Waals surface area contributed by atoms with E-state index in [9.17, 15) is 0 Å². The van der Waals surface area contributed by atoms with Crippen LogP contribution < -0.4 is 0 Å². The Labute approximate surface area is 483 Å². The summed E-state index contributed by atoms with van der Waals surface area (Å²) in [6.45, 7) is 0. The maximum absolute atomic E-state index is 5.30. The molecule has 10 aromatic carbocycles. The molecule has 4 heterocycles. The molecule has 0 amide bonds. The summed E-state index contributed by atoms with van der Waals surface area (Å²) in [7, 11) is 0. The minimum Gasteiger partial charge on any atom is -0.305 e. The van der Waals surface area contributed by atoms with Gasteiger partial charge in [-0.25, -0.2) is 0 Å². The van der Waals surface area contributed by atoms with Gasteiger partial charge in [0, 0.05) is 32.6 Å². The van der Waals surface area contributed by atoms with Gasteiger partial charge in [-0.05, 0) is 116 Å². The van der Waals surface area contributed by atoms with Gasteiger partial charge < -0.3 is 9.97 Å². The van der Waals surface area contributed by atoms with Gasteiger partial charge in [0.1, 0.15) is 0 Å². The molecule has 0 saturated heterocycles. The second kappa shape index (κ2) is 22.1. The van der Waals surface area contributed by atoms with Crippen LogP contribution in [0.15, 0.2) is 279 Å². The van der Waals surface area contributed by atoms with E-state index in [2.05, 4.69) is 259 Å². The predicted octanol–water partition coefficient (Wildman–Crippen LogP) is 20.0. The van der Waals surface area contributed by atoms with Gasteiger partial charge in [0.15, 0.2) is 0 Å². The average molecular weight is 1210 g/mol. The van der Waals surface area contributed by atoms with Gasteiger partial charge in [0.25, 0.3) is 0 Å². The fraction of sp³-hybridized carbons (Fsp3) is 0. The Morgan fingerprint density at radius 3 is 1.15 bits per heavy atom. The van der Waals surface area contributed by atoms with E-state index in [4.69, 9.17) is 4.98 Å². The molecule has 0 spiro atoms. The minimum atomic E-state index is 0.